The van der Waals surface area contributed by atoms with Crippen LogP contribution >= 0.6 is 11.8 Å². The van der Waals surface area contributed by atoms with Gasteiger partial charge in [0.05, 0.1) is 12.2 Å². The molecule has 1 heterocycles. The predicted octanol–water partition coefficient (Wildman–Crippen LogP) is 1.41. The number of aliphatic hydroxyl groups excluding tert-OH is 1. The van der Waals surface area contributed by atoms with Gasteiger partial charge in [-0.05, 0) is 43.6 Å². The van der Waals surface area contributed by atoms with Crippen LogP contribution in [0.25, 0.3) is 0 Å². The number of hydrogen-bond donors (Lipinski definition) is 2. The summed E-state index contributed by atoms with van der Waals surface area (Å²) < 4.78 is 0. The van der Waals surface area contributed by atoms with Crippen LogP contribution in [-0.4, -0.2) is 33.9 Å². The van der Waals surface area contributed by atoms with Gasteiger partial charge in [-0.25, -0.2) is 0 Å². The third kappa shape index (κ3) is 1.41. The van der Waals surface area contributed by atoms with E-state index < -0.39 is 5.60 Å². The van der Waals surface area contributed by atoms with Crippen molar-refractivity contribution in [2.45, 2.75) is 37.7 Å². The summed E-state index contributed by atoms with van der Waals surface area (Å²) in [6.07, 6.45) is 4.91. The molecule has 13 heavy (non-hydrogen) atoms. The maximum absolute atomic E-state index is 10.3. The van der Waals surface area contributed by atoms with Gasteiger partial charge in [-0.1, -0.05) is 0 Å². The Morgan fingerprint density at radius 2 is 1.69 bits per heavy atom. The van der Waals surface area contributed by atoms with E-state index >= 15 is 0 Å². The van der Waals surface area contributed by atoms with Crippen molar-refractivity contribution in [2.24, 2.45) is 5.41 Å². The maximum Gasteiger partial charge on any atom is 0.0726 e. The van der Waals surface area contributed by atoms with Gasteiger partial charge in [0.1, 0.15) is 0 Å². The molecule has 0 amide bonds. The molecule has 76 valence electrons. The summed E-state index contributed by atoms with van der Waals surface area (Å²) in [6, 6.07) is 0. The van der Waals surface area contributed by atoms with Crippen molar-refractivity contribution in [1.29, 1.82) is 0 Å². The molecule has 0 unspecified atom stereocenters. The first-order valence-corrected chi connectivity index (χ1v) is 6.29. The molecule has 2 fully saturated rings. The molecule has 0 radical (unpaired) electrons. The Morgan fingerprint density at radius 1 is 1.08 bits per heavy atom. The average Bonchev–Trinajstić information content (AvgIpc) is 2.15. The lowest BCUT2D eigenvalue weighted by molar-refractivity contribution is -0.161. The van der Waals surface area contributed by atoms with Gasteiger partial charge in [0.2, 0.25) is 0 Å². The summed E-state index contributed by atoms with van der Waals surface area (Å²) in [4.78, 5) is 0. The highest BCUT2D eigenvalue weighted by molar-refractivity contribution is 7.99. The Morgan fingerprint density at radius 3 is 2.08 bits per heavy atom. The third-order valence-corrected chi connectivity index (χ3v) is 4.91. The molecule has 0 spiro atoms. The lowest BCUT2D eigenvalue weighted by Crippen LogP contribution is -2.56. The molecule has 0 aromatic carbocycles. The van der Waals surface area contributed by atoms with Gasteiger partial charge in [0.25, 0.3) is 0 Å². The van der Waals surface area contributed by atoms with E-state index in [4.69, 9.17) is 0 Å². The maximum atomic E-state index is 10.3. The minimum Gasteiger partial charge on any atom is -0.396 e. The highest BCUT2D eigenvalue weighted by Crippen LogP contribution is 2.52. The summed E-state index contributed by atoms with van der Waals surface area (Å²) in [6.45, 7) is 0.171. The van der Waals surface area contributed by atoms with E-state index in [1.165, 1.54) is 0 Å². The molecule has 2 aliphatic rings. The first-order chi connectivity index (χ1) is 6.22. The first-order valence-electron chi connectivity index (χ1n) is 5.13. The lowest BCUT2D eigenvalue weighted by atomic mass is 9.59. The van der Waals surface area contributed by atoms with Crippen molar-refractivity contribution >= 4 is 11.8 Å². The number of aliphatic hydroxyl groups is 2. The van der Waals surface area contributed by atoms with Gasteiger partial charge in [-0.15, -0.1) is 0 Å². The smallest absolute Gasteiger partial charge is 0.0726 e. The van der Waals surface area contributed by atoms with E-state index in [1.807, 2.05) is 11.8 Å². The van der Waals surface area contributed by atoms with E-state index in [-0.39, 0.29) is 12.0 Å². The zero-order valence-electron chi connectivity index (χ0n) is 7.96. The van der Waals surface area contributed by atoms with Gasteiger partial charge in [-0.3, -0.25) is 0 Å². The fourth-order valence-electron chi connectivity index (χ4n) is 2.57. The summed E-state index contributed by atoms with van der Waals surface area (Å²) in [5.41, 5.74) is -0.681. The molecule has 3 heteroatoms. The average molecular weight is 202 g/mol. The summed E-state index contributed by atoms with van der Waals surface area (Å²) in [5, 5.41) is 19.8. The van der Waals surface area contributed by atoms with Crippen LogP contribution in [0.15, 0.2) is 0 Å². The fraction of sp³-hybridized carbons (Fsp3) is 1.00. The zero-order chi connectivity index (χ0) is 9.36. The Labute approximate surface area is 83.7 Å². The SMILES string of the molecule is OCC1(C2(O)CCC2)CCSCC1. The van der Waals surface area contributed by atoms with Crippen LogP contribution in [0, 0.1) is 5.41 Å². The van der Waals surface area contributed by atoms with E-state index in [0.29, 0.717) is 0 Å². The van der Waals surface area contributed by atoms with Crippen molar-refractivity contribution in [1.82, 2.24) is 0 Å². The Balaban J connectivity index is 2.12. The third-order valence-electron chi connectivity index (χ3n) is 3.92. The number of rotatable bonds is 2. The summed E-state index contributed by atoms with van der Waals surface area (Å²) in [5.74, 6) is 2.20. The second-order valence-corrected chi connectivity index (χ2v) is 5.66. The van der Waals surface area contributed by atoms with E-state index in [9.17, 15) is 10.2 Å². The van der Waals surface area contributed by atoms with Crippen LogP contribution in [-0.2, 0) is 0 Å². The van der Waals surface area contributed by atoms with Crippen molar-refractivity contribution in [3.63, 3.8) is 0 Å². The first kappa shape index (κ1) is 9.81. The highest BCUT2D eigenvalue weighted by atomic mass is 32.2. The van der Waals surface area contributed by atoms with Gasteiger partial charge >= 0.3 is 0 Å². The topological polar surface area (TPSA) is 40.5 Å². The Bertz CT molecular complexity index is 183. The molecule has 2 nitrogen and oxygen atoms in total. The van der Waals surface area contributed by atoms with Gasteiger partial charge in [0.15, 0.2) is 0 Å². The van der Waals surface area contributed by atoms with Crippen molar-refractivity contribution < 1.29 is 10.2 Å². The highest BCUT2D eigenvalue weighted by Gasteiger charge is 2.53. The van der Waals surface area contributed by atoms with Crippen LogP contribution in [0.2, 0.25) is 0 Å². The zero-order valence-corrected chi connectivity index (χ0v) is 8.78. The molecule has 0 atom stereocenters. The normalized spacial score (nSPS) is 30.9. The molecule has 0 bridgehead atoms. The van der Waals surface area contributed by atoms with Crippen molar-refractivity contribution in [2.75, 3.05) is 18.1 Å². The van der Waals surface area contributed by atoms with E-state index in [2.05, 4.69) is 0 Å². The standard InChI is InChI=1S/C10H18O2S/c11-8-9(4-6-13-7-5-9)10(12)2-1-3-10/h11-12H,1-8H2. The van der Waals surface area contributed by atoms with Gasteiger partial charge < -0.3 is 10.2 Å². The van der Waals surface area contributed by atoms with Gasteiger partial charge in [-0.2, -0.15) is 11.8 Å². The van der Waals surface area contributed by atoms with Gasteiger partial charge in [0, 0.05) is 5.41 Å². The second kappa shape index (κ2) is 3.44. The summed E-state index contributed by atoms with van der Waals surface area (Å²) >= 11 is 1.94. The molecule has 2 N–H and O–H groups in total. The molecule has 0 aromatic rings. The minimum absolute atomic E-state index is 0.156. The molecule has 1 aliphatic heterocycles. The van der Waals surface area contributed by atoms with Crippen LogP contribution in [0.1, 0.15) is 32.1 Å². The number of hydrogen-bond acceptors (Lipinski definition) is 3. The van der Waals surface area contributed by atoms with E-state index in [1.54, 1.807) is 0 Å². The van der Waals surface area contributed by atoms with Crippen molar-refractivity contribution in [3.05, 3.63) is 0 Å². The second-order valence-electron chi connectivity index (χ2n) is 4.44. The van der Waals surface area contributed by atoms with Crippen molar-refractivity contribution in [3.8, 4) is 0 Å². The molecule has 0 aromatic heterocycles. The Kier molecular flexibility index (Phi) is 2.60. The summed E-state index contributed by atoms with van der Waals surface area (Å²) in [7, 11) is 0. The Hall–Kier alpha value is 0.270. The lowest BCUT2D eigenvalue weighted by Gasteiger charge is -2.53. The molecule has 1 saturated carbocycles. The fourth-order valence-corrected chi connectivity index (χ4v) is 3.85. The molecule has 1 aliphatic carbocycles. The molecular formula is C10H18O2S. The predicted molar refractivity (Wildman–Crippen MR) is 54.9 cm³/mol. The largest absolute Gasteiger partial charge is 0.396 e. The van der Waals surface area contributed by atoms with Crippen LogP contribution in [0.3, 0.4) is 0 Å². The molecule has 1 saturated heterocycles. The minimum atomic E-state index is -0.525. The van der Waals surface area contributed by atoms with Crippen LogP contribution in [0.5, 0.6) is 0 Å². The van der Waals surface area contributed by atoms with Crippen LogP contribution in [0.4, 0.5) is 0 Å². The quantitative estimate of drug-likeness (QED) is 0.711. The van der Waals surface area contributed by atoms with Crippen LogP contribution < -0.4 is 0 Å². The molecule has 2 rings (SSSR count). The number of thioether (sulfide) groups is 1. The molecular weight excluding hydrogens is 184 g/mol. The monoisotopic (exact) mass is 202 g/mol. The van der Waals surface area contributed by atoms with E-state index in [0.717, 1.165) is 43.6 Å².